The average molecular weight is 390 g/mol. The molecule has 6 unspecified atom stereocenters. The van der Waals surface area contributed by atoms with E-state index in [2.05, 4.69) is 10.6 Å². The Morgan fingerprint density at radius 3 is 1.82 bits per heavy atom. The van der Waals surface area contributed by atoms with Crippen LogP contribution >= 0.6 is 0 Å². The van der Waals surface area contributed by atoms with Crippen LogP contribution in [0.15, 0.2) is 0 Å². The number of rotatable bonds is 14. The van der Waals surface area contributed by atoms with E-state index >= 15 is 0 Å². The number of fused-ring (bicyclic) bond motifs is 4. The summed E-state index contributed by atoms with van der Waals surface area (Å²) in [5.41, 5.74) is 5.57. The zero-order chi connectivity index (χ0) is 19.2. The average Bonchev–Trinajstić information content (AvgIpc) is 3.50. The third kappa shape index (κ3) is 5.73. The second-order valence-electron chi connectivity index (χ2n) is 10.9. The second-order valence-corrected chi connectivity index (χ2v) is 10.9. The minimum atomic E-state index is 0.780. The molecule has 0 spiro atoms. The third-order valence-electron chi connectivity index (χ3n) is 9.06. The lowest BCUT2D eigenvalue weighted by molar-refractivity contribution is 0.264. The van der Waals surface area contributed by atoms with Crippen molar-refractivity contribution in [2.24, 2.45) is 41.2 Å². The topological polar surface area (TPSA) is 50.1 Å². The van der Waals surface area contributed by atoms with Crippen LogP contribution in [0.25, 0.3) is 0 Å². The highest BCUT2D eigenvalue weighted by Gasteiger charge is 2.40. The van der Waals surface area contributed by atoms with Crippen LogP contribution < -0.4 is 16.4 Å². The van der Waals surface area contributed by atoms with Gasteiger partial charge in [-0.2, -0.15) is 0 Å². The number of nitrogens with one attached hydrogen (secondary N) is 2. The zero-order valence-electron chi connectivity index (χ0n) is 18.3. The Balaban J connectivity index is 1.16. The van der Waals surface area contributed by atoms with Crippen molar-refractivity contribution in [1.82, 2.24) is 10.6 Å². The quantitative estimate of drug-likeness (QED) is 0.377. The molecule has 0 heterocycles. The molecule has 4 rings (SSSR count). The molecule has 4 saturated carbocycles. The van der Waals surface area contributed by atoms with Gasteiger partial charge in [0.1, 0.15) is 0 Å². The smallest absolute Gasteiger partial charge is 0.00672 e. The normalized spacial score (nSPS) is 37.2. The number of hydrogen-bond acceptors (Lipinski definition) is 3. The van der Waals surface area contributed by atoms with Crippen molar-refractivity contribution in [1.29, 1.82) is 0 Å². The fourth-order valence-corrected chi connectivity index (χ4v) is 7.51. The highest BCUT2D eigenvalue weighted by Crippen LogP contribution is 2.51. The molecule has 162 valence electrons. The van der Waals surface area contributed by atoms with Crippen LogP contribution in [0.2, 0.25) is 0 Å². The van der Waals surface area contributed by atoms with Gasteiger partial charge in [0.15, 0.2) is 0 Å². The summed E-state index contributed by atoms with van der Waals surface area (Å²) in [6.07, 6.45) is 20.7. The maximum Gasteiger partial charge on any atom is 0.00672 e. The molecule has 3 heteroatoms. The lowest BCUT2D eigenvalue weighted by Crippen LogP contribution is -2.33. The molecule has 4 aliphatic rings. The fraction of sp³-hybridized carbons (Fsp3) is 1.00. The first-order chi connectivity index (χ1) is 13.8. The lowest BCUT2D eigenvalue weighted by atomic mass is 9.82. The molecule has 0 radical (unpaired) electrons. The lowest BCUT2D eigenvalue weighted by Gasteiger charge is -2.27. The molecule has 0 aromatic rings. The van der Waals surface area contributed by atoms with Gasteiger partial charge in [-0.25, -0.2) is 0 Å². The van der Waals surface area contributed by atoms with E-state index in [1.807, 2.05) is 0 Å². The van der Waals surface area contributed by atoms with Gasteiger partial charge in [-0.15, -0.1) is 0 Å². The van der Waals surface area contributed by atoms with Gasteiger partial charge < -0.3 is 16.4 Å². The first kappa shape index (κ1) is 21.1. The number of nitrogens with two attached hydrogens (primary N) is 1. The van der Waals surface area contributed by atoms with Crippen molar-refractivity contribution < 1.29 is 0 Å². The molecular weight excluding hydrogens is 342 g/mol. The van der Waals surface area contributed by atoms with Crippen LogP contribution in [0, 0.1) is 35.5 Å². The van der Waals surface area contributed by atoms with Gasteiger partial charge in [0, 0.05) is 6.04 Å². The molecule has 4 aliphatic carbocycles. The van der Waals surface area contributed by atoms with Crippen molar-refractivity contribution in [3.8, 4) is 0 Å². The van der Waals surface area contributed by atoms with Crippen LogP contribution in [-0.2, 0) is 0 Å². The Kier molecular flexibility index (Phi) is 8.13. The summed E-state index contributed by atoms with van der Waals surface area (Å²) in [7, 11) is 0. The van der Waals surface area contributed by atoms with Crippen molar-refractivity contribution >= 4 is 0 Å². The predicted molar refractivity (Wildman–Crippen MR) is 119 cm³/mol. The maximum absolute atomic E-state index is 5.57. The summed E-state index contributed by atoms with van der Waals surface area (Å²) in [5, 5.41) is 7.51. The Labute approximate surface area is 174 Å². The van der Waals surface area contributed by atoms with Crippen LogP contribution in [0.5, 0.6) is 0 Å². The van der Waals surface area contributed by atoms with Crippen molar-refractivity contribution in [2.75, 3.05) is 26.2 Å². The molecule has 0 aromatic heterocycles. The van der Waals surface area contributed by atoms with Crippen LogP contribution in [0.4, 0.5) is 0 Å². The summed E-state index contributed by atoms with van der Waals surface area (Å²) < 4.78 is 0. The minimum absolute atomic E-state index is 0.780. The van der Waals surface area contributed by atoms with E-state index < -0.39 is 0 Å². The van der Waals surface area contributed by atoms with E-state index in [0.29, 0.717) is 0 Å². The molecule has 28 heavy (non-hydrogen) atoms. The molecule has 0 amide bonds. The first-order valence-electron chi connectivity index (χ1n) is 13.0. The molecule has 4 fully saturated rings. The van der Waals surface area contributed by atoms with E-state index in [-0.39, 0.29) is 0 Å². The van der Waals surface area contributed by atoms with Crippen LogP contribution in [0.1, 0.15) is 89.9 Å². The Bertz CT molecular complexity index is 421. The SMILES string of the molecule is NCCCNCCCNC(CCC1CC2CCC1C2)CCC1CC2CCC1C2. The molecule has 0 saturated heterocycles. The molecule has 4 N–H and O–H groups in total. The van der Waals surface area contributed by atoms with Crippen molar-refractivity contribution in [3.05, 3.63) is 0 Å². The predicted octanol–water partition coefficient (Wildman–Crippen LogP) is 4.71. The molecular formula is C25H47N3. The number of hydrogen-bond donors (Lipinski definition) is 3. The Hall–Kier alpha value is -0.120. The van der Waals surface area contributed by atoms with E-state index in [1.165, 1.54) is 38.6 Å². The van der Waals surface area contributed by atoms with Crippen LogP contribution in [0.3, 0.4) is 0 Å². The van der Waals surface area contributed by atoms with Crippen LogP contribution in [-0.4, -0.2) is 32.2 Å². The maximum atomic E-state index is 5.57. The monoisotopic (exact) mass is 389 g/mol. The van der Waals surface area contributed by atoms with E-state index in [4.69, 9.17) is 5.73 Å². The molecule has 0 aliphatic heterocycles. The third-order valence-corrected chi connectivity index (χ3v) is 9.06. The van der Waals surface area contributed by atoms with Gasteiger partial charge in [0.2, 0.25) is 0 Å². The summed E-state index contributed by atoms with van der Waals surface area (Å²) in [6, 6.07) is 0.780. The van der Waals surface area contributed by atoms with Gasteiger partial charge >= 0.3 is 0 Å². The van der Waals surface area contributed by atoms with Crippen molar-refractivity contribution in [3.63, 3.8) is 0 Å². The summed E-state index contributed by atoms with van der Waals surface area (Å²) >= 11 is 0. The Morgan fingerprint density at radius 2 is 1.32 bits per heavy atom. The highest BCUT2D eigenvalue weighted by molar-refractivity contribution is 4.92. The van der Waals surface area contributed by atoms with Gasteiger partial charge in [0.25, 0.3) is 0 Å². The van der Waals surface area contributed by atoms with Gasteiger partial charge in [-0.1, -0.05) is 12.8 Å². The van der Waals surface area contributed by atoms with Gasteiger partial charge in [-0.05, 0) is 139 Å². The van der Waals surface area contributed by atoms with Gasteiger partial charge in [0.05, 0.1) is 0 Å². The first-order valence-corrected chi connectivity index (χ1v) is 13.0. The summed E-state index contributed by atoms with van der Waals surface area (Å²) in [4.78, 5) is 0. The largest absolute Gasteiger partial charge is 0.330 e. The van der Waals surface area contributed by atoms with Crippen molar-refractivity contribution in [2.45, 2.75) is 95.9 Å². The highest BCUT2D eigenvalue weighted by atomic mass is 14.9. The standard InChI is InChI=1S/C25H47N3/c26-11-1-12-27-13-2-14-28-25(9-7-23-17-19-3-5-21(23)15-19)10-8-24-18-20-4-6-22(24)16-20/h19-25,27-28H,1-18,26H2. The molecule has 4 bridgehead atoms. The Morgan fingerprint density at radius 1 is 0.714 bits per heavy atom. The zero-order valence-corrected chi connectivity index (χ0v) is 18.3. The molecule has 3 nitrogen and oxygen atoms in total. The molecule has 0 aromatic carbocycles. The van der Waals surface area contributed by atoms with Gasteiger partial charge in [-0.3, -0.25) is 0 Å². The van der Waals surface area contributed by atoms with E-state index in [9.17, 15) is 0 Å². The van der Waals surface area contributed by atoms with E-state index in [0.717, 1.165) is 67.6 Å². The summed E-state index contributed by atoms with van der Waals surface area (Å²) in [6.45, 7) is 4.21. The minimum Gasteiger partial charge on any atom is -0.330 e. The second kappa shape index (κ2) is 10.8. The molecule has 6 atom stereocenters. The fourth-order valence-electron chi connectivity index (χ4n) is 7.51. The summed E-state index contributed by atoms with van der Waals surface area (Å²) in [5.74, 6) is 6.56. The van der Waals surface area contributed by atoms with E-state index in [1.54, 1.807) is 51.4 Å².